The van der Waals surface area contributed by atoms with E-state index in [0.717, 1.165) is 17.0 Å². The average molecular weight is 347 g/mol. The van der Waals surface area contributed by atoms with E-state index in [1.165, 1.54) is 0 Å². The van der Waals surface area contributed by atoms with Crippen LogP contribution in [0, 0.1) is 0 Å². The van der Waals surface area contributed by atoms with Crippen molar-refractivity contribution in [2.75, 3.05) is 24.5 Å². The summed E-state index contributed by atoms with van der Waals surface area (Å²) in [6.07, 6.45) is 1.64. The first-order valence-electron chi connectivity index (χ1n) is 8.06. The summed E-state index contributed by atoms with van der Waals surface area (Å²) in [4.78, 5) is 8.83. The van der Waals surface area contributed by atoms with Crippen LogP contribution in [0.5, 0.6) is 11.5 Å². The second-order valence-electron chi connectivity index (χ2n) is 5.63. The Morgan fingerprint density at radius 2 is 1.81 bits per heavy atom. The smallest absolute Gasteiger partial charge is 0.244 e. The van der Waals surface area contributed by atoms with E-state index in [4.69, 9.17) is 9.47 Å². The molecule has 1 aromatic heterocycles. The number of methoxy groups -OCH3 is 1. The molecule has 2 aromatic carbocycles. The van der Waals surface area contributed by atoms with Crippen molar-refractivity contribution >= 4 is 23.4 Å². The summed E-state index contributed by atoms with van der Waals surface area (Å²) < 4.78 is 11.1. The highest BCUT2D eigenvalue weighted by Crippen LogP contribution is 2.31. The van der Waals surface area contributed by atoms with Gasteiger partial charge in [-0.1, -0.05) is 18.2 Å². The van der Waals surface area contributed by atoms with Crippen molar-refractivity contribution in [2.45, 2.75) is 0 Å². The molecule has 7 nitrogen and oxygen atoms in total. The third-order valence-electron chi connectivity index (χ3n) is 3.86. The van der Waals surface area contributed by atoms with Gasteiger partial charge in [-0.25, -0.2) is 9.99 Å². The van der Waals surface area contributed by atoms with Gasteiger partial charge < -0.3 is 14.8 Å². The van der Waals surface area contributed by atoms with E-state index in [2.05, 4.69) is 20.4 Å². The fourth-order valence-electron chi connectivity index (χ4n) is 2.53. The number of benzene rings is 2. The maximum atomic E-state index is 5.88. The van der Waals surface area contributed by atoms with Crippen molar-refractivity contribution in [3.8, 4) is 11.5 Å². The molecule has 0 amide bonds. The largest absolute Gasteiger partial charge is 0.497 e. The predicted molar refractivity (Wildman–Crippen MR) is 100 cm³/mol. The van der Waals surface area contributed by atoms with Gasteiger partial charge in [-0.2, -0.15) is 4.98 Å². The number of rotatable bonds is 4. The maximum absolute atomic E-state index is 5.88. The topological polar surface area (TPSA) is 71.9 Å². The second-order valence-corrected chi connectivity index (χ2v) is 5.63. The van der Waals surface area contributed by atoms with Crippen LogP contribution in [-0.2, 0) is 0 Å². The maximum Gasteiger partial charge on any atom is 0.244 e. The molecule has 4 rings (SSSR count). The molecule has 0 spiro atoms. The summed E-state index contributed by atoms with van der Waals surface area (Å²) in [5.74, 6) is 2.88. The Balaban J connectivity index is 1.58. The Morgan fingerprint density at radius 1 is 1.04 bits per heavy atom. The molecule has 0 saturated carbocycles. The number of anilines is 3. The van der Waals surface area contributed by atoms with Gasteiger partial charge in [0, 0.05) is 18.3 Å². The van der Waals surface area contributed by atoms with E-state index < -0.39 is 0 Å². The first-order chi connectivity index (χ1) is 12.7. The molecule has 0 aliphatic carbocycles. The van der Waals surface area contributed by atoms with E-state index >= 15 is 0 Å². The highest BCUT2D eigenvalue weighted by Gasteiger charge is 2.22. The first kappa shape index (κ1) is 15.9. The molecule has 1 N–H and O–H groups in total. The Hall–Kier alpha value is -3.61. The predicted octanol–water partition coefficient (Wildman–Crippen LogP) is 3.42. The minimum atomic E-state index is 0.480. The summed E-state index contributed by atoms with van der Waals surface area (Å²) in [7, 11) is 3.45. The fourth-order valence-corrected chi connectivity index (χ4v) is 2.53. The number of hydrogen-bond acceptors (Lipinski definition) is 7. The molecule has 1 aliphatic heterocycles. The Kier molecular flexibility index (Phi) is 4.10. The number of fused-ring (bicyclic) bond motifs is 1. The molecule has 2 heterocycles. The number of hydrogen-bond donors (Lipinski definition) is 1. The number of hydrazone groups is 1. The summed E-state index contributed by atoms with van der Waals surface area (Å²) in [6.45, 7) is 0. The lowest BCUT2D eigenvalue weighted by atomic mass is 10.2. The number of nitrogens with one attached hydrogen (secondary N) is 1. The molecular formula is C19H17N5O2. The van der Waals surface area contributed by atoms with E-state index in [9.17, 15) is 0 Å². The zero-order chi connectivity index (χ0) is 17.9. The van der Waals surface area contributed by atoms with Gasteiger partial charge >= 0.3 is 0 Å². The molecule has 0 atom stereocenters. The van der Waals surface area contributed by atoms with Gasteiger partial charge in [-0.15, -0.1) is 5.10 Å². The van der Waals surface area contributed by atoms with Crippen molar-refractivity contribution in [1.29, 1.82) is 0 Å². The number of aromatic nitrogens is 2. The zero-order valence-corrected chi connectivity index (χ0v) is 14.4. The highest BCUT2D eigenvalue weighted by atomic mass is 16.5. The molecule has 0 fully saturated rings. The van der Waals surface area contributed by atoms with Gasteiger partial charge in [0.25, 0.3) is 0 Å². The van der Waals surface area contributed by atoms with Crippen LogP contribution in [0.15, 0.2) is 65.9 Å². The minimum absolute atomic E-state index is 0.480. The zero-order valence-electron chi connectivity index (χ0n) is 14.4. The van der Waals surface area contributed by atoms with E-state index in [1.807, 2.05) is 61.6 Å². The van der Waals surface area contributed by atoms with E-state index in [1.54, 1.807) is 18.3 Å². The van der Waals surface area contributed by atoms with Gasteiger partial charge in [-0.3, -0.25) is 0 Å². The molecule has 7 heteroatoms. The molecule has 130 valence electrons. The van der Waals surface area contributed by atoms with Crippen molar-refractivity contribution in [2.24, 2.45) is 5.10 Å². The summed E-state index contributed by atoms with van der Waals surface area (Å²) >= 11 is 0. The van der Waals surface area contributed by atoms with Crippen LogP contribution < -0.4 is 19.8 Å². The molecule has 0 radical (unpaired) electrons. The highest BCUT2D eigenvalue weighted by molar-refractivity contribution is 5.98. The lowest BCUT2D eigenvalue weighted by Crippen LogP contribution is -2.25. The third-order valence-corrected chi connectivity index (χ3v) is 3.86. The normalized spacial score (nSPS) is 12.7. The quantitative estimate of drug-likeness (QED) is 0.780. The van der Waals surface area contributed by atoms with E-state index in [0.29, 0.717) is 23.4 Å². The van der Waals surface area contributed by atoms with Crippen LogP contribution in [0.4, 0.5) is 17.5 Å². The van der Waals surface area contributed by atoms with Gasteiger partial charge in [0.1, 0.15) is 5.75 Å². The summed E-state index contributed by atoms with van der Waals surface area (Å²) in [5, 5.41) is 9.31. The summed E-state index contributed by atoms with van der Waals surface area (Å²) in [6, 6.07) is 17.2. The molecular weight excluding hydrogens is 330 g/mol. The van der Waals surface area contributed by atoms with Crippen molar-refractivity contribution in [3.05, 3.63) is 66.4 Å². The van der Waals surface area contributed by atoms with Crippen LogP contribution in [0.1, 0.15) is 5.56 Å². The van der Waals surface area contributed by atoms with Gasteiger partial charge in [0.05, 0.1) is 13.3 Å². The summed E-state index contributed by atoms with van der Waals surface area (Å²) in [5.41, 5.74) is 1.75. The standard InChI is InChI=1S/C19H17N5O2/c1-24-17-16(12-20-19(22-17)21-14-6-4-3-5-7-14)26-18(23-24)13-8-10-15(25-2)11-9-13/h3-12H,1-2H3,(H,20,21,22). The van der Waals surface area contributed by atoms with Gasteiger partial charge in [-0.05, 0) is 36.4 Å². The van der Waals surface area contributed by atoms with Crippen LogP contribution in [0.25, 0.3) is 0 Å². The number of ether oxygens (including phenoxy) is 2. The molecule has 26 heavy (non-hydrogen) atoms. The molecule has 1 aliphatic rings. The minimum Gasteiger partial charge on any atom is -0.497 e. The van der Waals surface area contributed by atoms with Crippen LogP contribution in [0.3, 0.4) is 0 Å². The lowest BCUT2D eigenvalue weighted by molar-refractivity contribution is 0.414. The Labute approximate surface area is 150 Å². The van der Waals surface area contributed by atoms with Crippen LogP contribution >= 0.6 is 0 Å². The monoisotopic (exact) mass is 347 g/mol. The van der Waals surface area contributed by atoms with Crippen molar-refractivity contribution in [1.82, 2.24) is 9.97 Å². The van der Waals surface area contributed by atoms with Crippen molar-refractivity contribution < 1.29 is 9.47 Å². The van der Waals surface area contributed by atoms with Crippen LogP contribution in [0.2, 0.25) is 0 Å². The van der Waals surface area contributed by atoms with Crippen LogP contribution in [-0.4, -0.2) is 30.0 Å². The first-order valence-corrected chi connectivity index (χ1v) is 8.06. The number of nitrogens with zero attached hydrogens (tertiary/aromatic N) is 4. The van der Waals surface area contributed by atoms with Crippen molar-refractivity contribution in [3.63, 3.8) is 0 Å². The Bertz CT molecular complexity index is 942. The third kappa shape index (κ3) is 3.14. The Morgan fingerprint density at radius 3 is 2.54 bits per heavy atom. The lowest BCUT2D eigenvalue weighted by Gasteiger charge is -2.23. The average Bonchev–Trinajstić information content (AvgIpc) is 2.69. The fraction of sp³-hybridized carbons (Fsp3) is 0.105. The molecule has 0 unspecified atom stereocenters. The second kappa shape index (κ2) is 6.72. The SMILES string of the molecule is COc1ccc(C2=NN(C)c3nc(Nc4ccccc4)ncc3O2)cc1. The number of para-hydroxylation sites is 1. The molecule has 3 aromatic rings. The molecule has 0 saturated heterocycles. The molecule has 0 bridgehead atoms. The van der Waals surface area contributed by atoms with E-state index in [-0.39, 0.29) is 0 Å². The van der Waals surface area contributed by atoms with Gasteiger partial charge in [0.15, 0.2) is 11.6 Å². The van der Waals surface area contributed by atoms with Gasteiger partial charge in [0.2, 0.25) is 11.8 Å².